The molecule has 1 aliphatic heterocycles. The number of anilines is 2. The zero-order valence-electron chi connectivity index (χ0n) is 13.1. The molecule has 0 bridgehead atoms. The molecule has 3 rings (SSSR count). The summed E-state index contributed by atoms with van der Waals surface area (Å²) >= 11 is 0. The molecule has 0 amide bonds. The van der Waals surface area contributed by atoms with Crippen LogP contribution in [0.5, 0.6) is 0 Å². The van der Waals surface area contributed by atoms with Crippen molar-refractivity contribution in [1.82, 2.24) is 0 Å². The van der Waals surface area contributed by atoms with E-state index in [0.29, 0.717) is 12.1 Å². The second-order valence-corrected chi connectivity index (χ2v) is 6.16. The maximum atomic E-state index is 13.6. The quantitative estimate of drug-likeness (QED) is 0.882. The third kappa shape index (κ3) is 3.59. The Morgan fingerprint density at radius 2 is 1.73 bits per heavy atom. The van der Waals surface area contributed by atoms with Crippen LogP contribution in [0.3, 0.4) is 0 Å². The number of hydrogen-bond acceptors (Lipinski definition) is 2. The Hall–Kier alpha value is -2.03. The number of piperidine rings is 1. The summed E-state index contributed by atoms with van der Waals surface area (Å²) in [5.41, 5.74) is 3.00. The monoisotopic (exact) mass is 298 g/mol. The minimum absolute atomic E-state index is 0.158. The van der Waals surface area contributed by atoms with Crippen LogP contribution < -0.4 is 10.2 Å². The zero-order valence-corrected chi connectivity index (χ0v) is 13.1. The highest BCUT2D eigenvalue weighted by molar-refractivity contribution is 5.55. The van der Waals surface area contributed by atoms with E-state index < -0.39 is 0 Å². The molecule has 2 aromatic rings. The van der Waals surface area contributed by atoms with Gasteiger partial charge in [-0.3, -0.25) is 0 Å². The molecule has 0 unspecified atom stereocenters. The first-order valence-electron chi connectivity index (χ1n) is 8.04. The summed E-state index contributed by atoms with van der Waals surface area (Å²) in [6.45, 7) is 5.12. The largest absolute Gasteiger partial charge is 0.381 e. The fourth-order valence-corrected chi connectivity index (χ4v) is 2.90. The highest BCUT2D eigenvalue weighted by Crippen LogP contribution is 2.24. The third-order valence-electron chi connectivity index (χ3n) is 4.46. The van der Waals surface area contributed by atoms with Gasteiger partial charge in [0.15, 0.2) is 0 Å². The molecule has 0 atom stereocenters. The summed E-state index contributed by atoms with van der Waals surface area (Å²) in [6.07, 6.45) is 2.54. The number of nitrogens with one attached hydrogen (secondary N) is 1. The van der Waals surface area contributed by atoms with E-state index in [1.165, 1.54) is 24.6 Å². The summed E-state index contributed by atoms with van der Waals surface area (Å²) in [7, 11) is 0. The van der Waals surface area contributed by atoms with Crippen LogP contribution >= 0.6 is 0 Å². The van der Waals surface area contributed by atoms with Crippen molar-refractivity contribution in [3.63, 3.8) is 0 Å². The summed E-state index contributed by atoms with van der Waals surface area (Å²) < 4.78 is 13.6. The maximum absolute atomic E-state index is 13.6. The van der Waals surface area contributed by atoms with Gasteiger partial charge in [0.1, 0.15) is 5.82 Å². The molecule has 2 aromatic carbocycles. The normalized spacial score (nSPS) is 15.8. The van der Waals surface area contributed by atoms with Crippen LogP contribution in [-0.4, -0.2) is 13.1 Å². The van der Waals surface area contributed by atoms with E-state index in [0.717, 1.165) is 24.7 Å². The predicted octanol–water partition coefficient (Wildman–Crippen LogP) is 4.67. The van der Waals surface area contributed by atoms with Crippen LogP contribution in [0.2, 0.25) is 0 Å². The molecule has 2 nitrogen and oxygen atoms in total. The van der Waals surface area contributed by atoms with E-state index >= 15 is 0 Å². The van der Waals surface area contributed by atoms with Crippen molar-refractivity contribution in [2.75, 3.05) is 23.3 Å². The number of nitrogens with zero attached hydrogens (tertiary/aromatic N) is 1. The fourth-order valence-electron chi connectivity index (χ4n) is 2.90. The van der Waals surface area contributed by atoms with E-state index in [2.05, 4.69) is 41.4 Å². The van der Waals surface area contributed by atoms with Crippen LogP contribution in [-0.2, 0) is 6.54 Å². The highest BCUT2D eigenvalue weighted by Gasteiger charge is 2.15. The Morgan fingerprint density at radius 1 is 1.05 bits per heavy atom. The van der Waals surface area contributed by atoms with Gasteiger partial charge in [-0.05, 0) is 49.1 Å². The molecule has 0 spiro atoms. The van der Waals surface area contributed by atoms with E-state index in [1.54, 1.807) is 6.07 Å². The Morgan fingerprint density at radius 3 is 2.41 bits per heavy atom. The summed E-state index contributed by atoms with van der Waals surface area (Å²) in [4.78, 5) is 2.45. The van der Waals surface area contributed by atoms with Crippen LogP contribution in [0.25, 0.3) is 0 Å². The molecule has 0 aliphatic carbocycles. The number of halogens is 1. The molecule has 116 valence electrons. The van der Waals surface area contributed by atoms with Gasteiger partial charge >= 0.3 is 0 Å². The summed E-state index contributed by atoms with van der Waals surface area (Å²) in [6, 6.07) is 15.3. The Bertz CT molecular complexity index is 601. The second-order valence-electron chi connectivity index (χ2n) is 6.16. The molecule has 0 radical (unpaired) electrons. The first-order valence-corrected chi connectivity index (χ1v) is 8.04. The first kappa shape index (κ1) is 14.9. The predicted molar refractivity (Wildman–Crippen MR) is 90.8 cm³/mol. The molecule has 3 heteroatoms. The molecule has 1 heterocycles. The number of benzene rings is 2. The summed E-state index contributed by atoms with van der Waals surface area (Å²) in [5, 5.41) is 3.28. The minimum atomic E-state index is -0.158. The van der Waals surface area contributed by atoms with Gasteiger partial charge in [0.2, 0.25) is 0 Å². The fraction of sp³-hybridized carbons (Fsp3) is 0.368. The third-order valence-corrected chi connectivity index (χ3v) is 4.46. The van der Waals surface area contributed by atoms with Crippen molar-refractivity contribution in [2.24, 2.45) is 5.92 Å². The average Bonchev–Trinajstić information content (AvgIpc) is 2.55. The van der Waals surface area contributed by atoms with E-state index in [9.17, 15) is 4.39 Å². The van der Waals surface area contributed by atoms with Gasteiger partial charge in [-0.15, -0.1) is 0 Å². The van der Waals surface area contributed by atoms with Crippen molar-refractivity contribution in [2.45, 2.75) is 26.3 Å². The van der Waals surface area contributed by atoms with Gasteiger partial charge in [0.05, 0.1) is 0 Å². The summed E-state index contributed by atoms with van der Waals surface area (Å²) in [5.74, 6) is 0.687. The molecular weight excluding hydrogens is 275 g/mol. The Balaban J connectivity index is 1.59. The maximum Gasteiger partial charge on any atom is 0.128 e. The molecule has 22 heavy (non-hydrogen) atoms. The second kappa shape index (κ2) is 6.82. The standard InChI is InChI=1S/C19H23FN2/c1-15-10-12-22(13-11-15)18-8-6-17(7-9-18)21-14-16-4-2-3-5-19(16)20/h2-9,15,21H,10-14H2,1H3. The van der Waals surface area contributed by atoms with Gasteiger partial charge in [0.25, 0.3) is 0 Å². The lowest BCUT2D eigenvalue weighted by molar-refractivity contribution is 0.438. The van der Waals surface area contributed by atoms with Crippen molar-refractivity contribution in [3.05, 3.63) is 59.9 Å². The van der Waals surface area contributed by atoms with Crippen molar-refractivity contribution >= 4 is 11.4 Å². The topological polar surface area (TPSA) is 15.3 Å². The lowest BCUT2D eigenvalue weighted by Crippen LogP contribution is -2.32. The Labute approximate surface area is 132 Å². The highest BCUT2D eigenvalue weighted by atomic mass is 19.1. The van der Waals surface area contributed by atoms with Crippen molar-refractivity contribution < 1.29 is 4.39 Å². The molecule has 1 saturated heterocycles. The van der Waals surface area contributed by atoms with Gasteiger partial charge in [-0.25, -0.2) is 4.39 Å². The number of rotatable bonds is 4. The van der Waals surface area contributed by atoms with Crippen LogP contribution in [0.1, 0.15) is 25.3 Å². The molecule has 1 fully saturated rings. The van der Waals surface area contributed by atoms with Crippen molar-refractivity contribution in [3.8, 4) is 0 Å². The van der Waals surface area contributed by atoms with Crippen LogP contribution in [0.15, 0.2) is 48.5 Å². The van der Waals surface area contributed by atoms with Gasteiger partial charge < -0.3 is 10.2 Å². The van der Waals surface area contributed by atoms with Gasteiger partial charge in [-0.1, -0.05) is 25.1 Å². The zero-order chi connectivity index (χ0) is 15.4. The smallest absolute Gasteiger partial charge is 0.128 e. The van der Waals surface area contributed by atoms with E-state index in [-0.39, 0.29) is 5.82 Å². The molecule has 0 saturated carbocycles. The minimum Gasteiger partial charge on any atom is -0.381 e. The van der Waals surface area contributed by atoms with Crippen LogP contribution in [0.4, 0.5) is 15.8 Å². The molecule has 0 aromatic heterocycles. The van der Waals surface area contributed by atoms with Crippen LogP contribution in [0, 0.1) is 11.7 Å². The van der Waals surface area contributed by atoms with E-state index in [4.69, 9.17) is 0 Å². The van der Waals surface area contributed by atoms with E-state index in [1.807, 2.05) is 12.1 Å². The molecule has 1 N–H and O–H groups in total. The average molecular weight is 298 g/mol. The lowest BCUT2D eigenvalue weighted by Gasteiger charge is -2.32. The Kier molecular flexibility index (Phi) is 4.62. The molecular formula is C19H23FN2. The van der Waals surface area contributed by atoms with Gasteiger partial charge in [0, 0.05) is 36.6 Å². The lowest BCUT2D eigenvalue weighted by atomic mass is 9.99. The molecule has 1 aliphatic rings. The first-order chi connectivity index (χ1) is 10.7. The number of hydrogen-bond donors (Lipinski definition) is 1. The van der Waals surface area contributed by atoms with Crippen molar-refractivity contribution in [1.29, 1.82) is 0 Å². The SMILES string of the molecule is CC1CCN(c2ccc(NCc3ccccc3F)cc2)CC1. The van der Waals surface area contributed by atoms with Gasteiger partial charge in [-0.2, -0.15) is 0 Å².